The van der Waals surface area contributed by atoms with Gasteiger partial charge in [-0.05, 0) is 25.3 Å². The molecule has 0 unspecified atom stereocenters. The summed E-state index contributed by atoms with van der Waals surface area (Å²) in [6, 6.07) is 0.449. The molecule has 1 saturated carbocycles. The normalized spacial score (nSPS) is 14.3. The van der Waals surface area contributed by atoms with Gasteiger partial charge in [-0.3, -0.25) is 9.48 Å². The predicted molar refractivity (Wildman–Crippen MR) is 120 cm³/mol. The number of alkyl halides is 1. The van der Waals surface area contributed by atoms with Crippen LogP contribution in [0.1, 0.15) is 32.2 Å². The van der Waals surface area contributed by atoms with Crippen molar-refractivity contribution in [1.82, 2.24) is 29.6 Å². The van der Waals surface area contributed by atoms with Crippen molar-refractivity contribution in [2.75, 3.05) is 25.1 Å². The highest BCUT2D eigenvalue weighted by Gasteiger charge is 2.25. The summed E-state index contributed by atoms with van der Waals surface area (Å²) in [7, 11) is 0. The monoisotopic (exact) mass is 461 g/mol. The van der Waals surface area contributed by atoms with Crippen LogP contribution in [0.3, 0.4) is 0 Å². The van der Waals surface area contributed by atoms with E-state index in [1.54, 1.807) is 12.4 Å². The average molecular weight is 462 g/mol. The molecule has 1 aliphatic carbocycles. The molecule has 1 fully saturated rings. The maximum atomic E-state index is 13.9. The number of amides is 1. The van der Waals surface area contributed by atoms with Crippen LogP contribution in [0.5, 0.6) is 5.88 Å². The lowest BCUT2D eigenvalue weighted by molar-refractivity contribution is -0.127. The first kappa shape index (κ1) is 22.1. The maximum Gasteiger partial charge on any atom is 0.246 e. The van der Waals surface area contributed by atoms with E-state index in [1.807, 2.05) is 17.8 Å². The molecule has 1 aliphatic rings. The van der Waals surface area contributed by atoms with Crippen molar-refractivity contribution in [2.45, 2.75) is 38.3 Å². The largest absolute Gasteiger partial charge is 0.469 e. The third kappa shape index (κ3) is 4.85. The van der Waals surface area contributed by atoms with E-state index >= 15 is 0 Å². The molecular weight excluding hydrogens is 437 g/mol. The van der Waals surface area contributed by atoms with Crippen LogP contribution in [0.4, 0.5) is 16.0 Å². The highest BCUT2D eigenvalue weighted by molar-refractivity contribution is 6.35. The third-order valence-electron chi connectivity index (χ3n) is 5.08. The number of rotatable bonds is 11. The molecule has 0 aromatic carbocycles. The van der Waals surface area contributed by atoms with E-state index in [4.69, 9.17) is 16.3 Å². The molecule has 3 aromatic heterocycles. The Bertz CT molecular complexity index is 1110. The minimum atomic E-state index is -0.931. The standard InChI is InChI=1S/C21H25ClFN7O2/c1-3-7-29(17(31)4-2)12-15(8-23)32-20-18-16(22)10-24-19(18)27-21(28-20)26-13-9-25-30(11-13)14-5-6-14/h4,9-11,14-15H,2-3,5-8,12H2,1H3,(H2,24,26,27,28)/t15-/m0/s1. The first-order chi connectivity index (χ1) is 15.5. The third-order valence-corrected chi connectivity index (χ3v) is 5.38. The zero-order valence-electron chi connectivity index (χ0n) is 17.7. The number of carbonyl (C=O) groups excluding carboxylic acids is 1. The lowest BCUT2D eigenvalue weighted by Crippen LogP contribution is -2.40. The SMILES string of the molecule is C=CC(=O)N(CCC)C[C@H](CF)Oc1nc(Nc2cnn(C3CC3)c2)nc2[nH]cc(Cl)c12. The van der Waals surface area contributed by atoms with Gasteiger partial charge in [0.15, 0.2) is 0 Å². The number of carbonyl (C=O) groups is 1. The fraction of sp³-hybridized carbons (Fsp3) is 0.429. The second-order valence-corrected chi connectivity index (χ2v) is 8.07. The van der Waals surface area contributed by atoms with Crippen LogP contribution < -0.4 is 10.1 Å². The van der Waals surface area contributed by atoms with Crippen molar-refractivity contribution in [1.29, 1.82) is 0 Å². The zero-order valence-corrected chi connectivity index (χ0v) is 18.5. The Labute approximate surface area is 189 Å². The first-order valence-corrected chi connectivity index (χ1v) is 10.9. The average Bonchev–Trinajstić information content (AvgIpc) is 3.43. The number of ether oxygens (including phenoxy) is 1. The molecule has 4 rings (SSSR count). The van der Waals surface area contributed by atoms with Gasteiger partial charge in [-0.1, -0.05) is 25.1 Å². The van der Waals surface area contributed by atoms with Crippen LogP contribution in [0.15, 0.2) is 31.2 Å². The number of H-pyrrole nitrogens is 1. The minimum Gasteiger partial charge on any atom is -0.469 e. The van der Waals surface area contributed by atoms with Gasteiger partial charge in [0.2, 0.25) is 17.7 Å². The summed E-state index contributed by atoms with van der Waals surface area (Å²) in [6.07, 6.45) is 8.40. The summed E-state index contributed by atoms with van der Waals surface area (Å²) in [5.41, 5.74) is 1.18. The number of anilines is 2. The number of aromatic nitrogens is 5. The Hall–Kier alpha value is -3.14. The maximum absolute atomic E-state index is 13.9. The Morgan fingerprint density at radius 1 is 1.53 bits per heavy atom. The van der Waals surface area contributed by atoms with Crippen LogP contribution >= 0.6 is 11.6 Å². The quantitative estimate of drug-likeness (QED) is 0.418. The summed E-state index contributed by atoms with van der Waals surface area (Å²) >= 11 is 6.29. The van der Waals surface area contributed by atoms with Crippen LogP contribution in [-0.4, -0.2) is 61.4 Å². The molecule has 0 saturated heterocycles. The summed E-state index contributed by atoms with van der Waals surface area (Å²) in [6.45, 7) is 5.16. The number of nitrogens with zero attached hydrogens (tertiary/aromatic N) is 5. The van der Waals surface area contributed by atoms with E-state index in [-0.39, 0.29) is 24.3 Å². The van der Waals surface area contributed by atoms with Gasteiger partial charge in [-0.25, -0.2) is 4.39 Å². The molecule has 0 spiro atoms. The van der Waals surface area contributed by atoms with E-state index in [0.29, 0.717) is 28.6 Å². The molecule has 1 amide bonds. The van der Waals surface area contributed by atoms with Gasteiger partial charge < -0.3 is 19.9 Å². The van der Waals surface area contributed by atoms with Crippen molar-refractivity contribution in [2.24, 2.45) is 0 Å². The molecule has 0 aliphatic heterocycles. The van der Waals surface area contributed by atoms with Crippen LogP contribution in [0.25, 0.3) is 11.0 Å². The molecule has 9 nitrogen and oxygen atoms in total. The molecule has 170 valence electrons. The van der Waals surface area contributed by atoms with Gasteiger partial charge in [0.25, 0.3) is 0 Å². The van der Waals surface area contributed by atoms with Gasteiger partial charge in [-0.2, -0.15) is 15.1 Å². The molecular formula is C21H25ClFN7O2. The second-order valence-electron chi connectivity index (χ2n) is 7.66. The van der Waals surface area contributed by atoms with Crippen molar-refractivity contribution in [3.8, 4) is 5.88 Å². The molecule has 2 N–H and O–H groups in total. The van der Waals surface area contributed by atoms with E-state index in [1.165, 1.54) is 11.0 Å². The Balaban J connectivity index is 1.58. The molecule has 0 radical (unpaired) electrons. The van der Waals surface area contributed by atoms with Crippen molar-refractivity contribution >= 4 is 40.2 Å². The fourth-order valence-electron chi connectivity index (χ4n) is 3.39. The topological polar surface area (TPSA) is 101 Å². The van der Waals surface area contributed by atoms with E-state index in [9.17, 15) is 9.18 Å². The number of fused-ring (bicyclic) bond motifs is 1. The zero-order chi connectivity index (χ0) is 22.7. The first-order valence-electron chi connectivity index (χ1n) is 10.5. The van der Waals surface area contributed by atoms with E-state index in [0.717, 1.165) is 24.9 Å². The Morgan fingerprint density at radius 2 is 2.34 bits per heavy atom. The second kappa shape index (κ2) is 9.56. The molecule has 1 atom stereocenters. The number of hydrogen-bond acceptors (Lipinski definition) is 6. The lowest BCUT2D eigenvalue weighted by Gasteiger charge is -2.25. The van der Waals surface area contributed by atoms with Crippen LogP contribution in [-0.2, 0) is 4.79 Å². The highest BCUT2D eigenvalue weighted by Crippen LogP contribution is 2.35. The molecule has 3 aromatic rings. The number of aromatic amines is 1. The fourth-order valence-corrected chi connectivity index (χ4v) is 3.61. The molecule has 32 heavy (non-hydrogen) atoms. The van der Waals surface area contributed by atoms with Crippen LogP contribution in [0, 0.1) is 0 Å². The van der Waals surface area contributed by atoms with Crippen LogP contribution in [0.2, 0.25) is 5.02 Å². The molecule has 11 heteroatoms. The summed E-state index contributed by atoms with van der Waals surface area (Å²) in [4.78, 5) is 25.4. The Morgan fingerprint density at radius 3 is 3.03 bits per heavy atom. The predicted octanol–water partition coefficient (Wildman–Crippen LogP) is 4.03. The van der Waals surface area contributed by atoms with Crippen molar-refractivity contribution in [3.63, 3.8) is 0 Å². The van der Waals surface area contributed by atoms with Gasteiger partial charge in [0, 0.05) is 18.9 Å². The van der Waals surface area contributed by atoms with Crippen molar-refractivity contribution < 1.29 is 13.9 Å². The number of nitrogens with one attached hydrogen (secondary N) is 2. The smallest absolute Gasteiger partial charge is 0.246 e. The Kier molecular flexibility index (Phi) is 6.59. The van der Waals surface area contributed by atoms with E-state index in [2.05, 4.69) is 31.9 Å². The number of halogens is 2. The minimum absolute atomic E-state index is 0.0552. The molecule has 0 bridgehead atoms. The lowest BCUT2D eigenvalue weighted by atomic mass is 10.3. The van der Waals surface area contributed by atoms with Crippen molar-refractivity contribution in [3.05, 3.63) is 36.3 Å². The van der Waals surface area contributed by atoms with Gasteiger partial charge in [-0.15, -0.1) is 0 Å². The summed E-state index contributed by atoms with van der Waals surface area (Å²) in [5.74, 6) is 0.103. The highest BCUT2D eigenvalue weighted by atomic mass is 35.5. The number of hydrogen-bond donors (Lipinski definition) is 2. The van der Waals surface area contributed by atoms with Gasteiger partial charge >= 0.3 is 0 Å². The summed E-state index contributed by atoms with van der Waals surface area (Å²) < 4.78 is 21.7. The van der Waals surface area contributed by atoms with E-state index < -0.39 is 12.8 Å². The van der Waals surface area contributed by atoms with Gasteiger partial charge in [0.05, 0.1) is 34.9 Å². The van der Waals surface area contributed by atoms with Gasteiger partial charge in [0.1, 0.15) is 18.4 Å². The summed E-state index contributed by atoms with van der Waals surface area (Å²) in [5, 5.41) is 8.25. The molecule has 3 heterocycles.